The number of piperidine rings is 2. The summed E-state index contributed by atoms with van der Waals surface area (Å²) in [5.74, 6) is -1.19. The highest BCUT2D eigenvalue weighted by molar-refractivity contribution is 7.89. The van der Waals surface area contributed by atoms with Gasteiger partial charge in [0.1, 0.15) is 19.1 Å². The molecule has 7 unspecified atom stereocenters. The molecular weight excluding hydrogens is 614 g/mol. The number of carbonyl (C=O) groups excluding carboxylic acids is 1. The Hall–Kier alpha value is -1.29. The van der Waals surface area contributed by atoms with Crippen molar-refractivity contribution in [1.82, 2.24) is 24.7 Å². The van der Waals surface area contributed by atoms with E-state index in [-0.39, 0.29) is 17.9 Å². The smallest absolute Gasteiger partial charge is 0.233 e. The molecule has 0 spiro atoms. The lowest BCUT2D eigenvalue weighted by Gasteiger charge is -2.46. The summed E-state index contributed by atoms with van der Waals surface area (Å²) in [6, 6.07) is -1.59. The van der Waals surface area contributed by atoms with Gasteiger partial charge >= 0.3 is 0 Å². The summed E-state index contributed by atoms with van der Waals surface area (Å²) in [6.07, 6.45) is 4.66. The van der Waals surface area contributed by atoms with Gasteiger partial charge in [-0.1, -0.05) is 26.7 Å². The zero-order valence-corrected chi connectivity index (χ0v) is 29.4. The van der Waals surface area contributed by atoms with E-state index in [1.807, 2.05) is 16.5 Å². The average Bonchev–Trinajstić information content (AvgIpc) is 3.06. The van der Waals surface area contributed by atoms with Crippen LogP contribution in [0.15, 0.2) is 0 Å². The van der Waals surface area contributed by atoms with E-state index in [9.17, 15) is 17.6 Å². The monoisotopic (exact) mass is 675 g/mol. The van der Waals surface area contributed by atoms with Gasteiger partial charge in [-0.05, 0) is 64.1 Å². The van der Waals surface area contributed by atoms with E-state index in [2.05, 4.69) is 29.4 Å². The number of nitrogens with two attached hydrogens (primary N) is 2. The minimum absolute atomic E-state index is 0.0627. The lowest BCUT2D eigenvalue weighted by Crippen LogP contribution is -2.68. The van der Waals surface area contributed by atoms with Crippen LogP contribution >= 0.6 is 0 Å². The highest BCUT2D eigenvalue weighted by Gasteiger charge is 2.47. The van der Waals surface area contributed by atoms with Gasteiger partial charge in [-0.25, -0.2) is 21.8 Å². The number of nitrogens with one attached hydrogen (secondary N) is 2. The van der Waals surface area contributed by atoms with Crippen LogP contribution in [0.4, 0.5) is 8.78 Å². The number of likely N-dealkylation sites (N-methyl/N-ethyl adjacent to an activating group) is 1. The highest BCUT2D eigenvalue weighted by Crippen LogP contribution is 2.41. The van der Waals surface area contributed by atoms with Crippen LogP contribution in [-0.4, -0.2) is 148 Å². The lowest BCUT2D eigenvalue weighted by atomic mass is 9.70. The Kier molecular flexibility index (Phi) is 13.4. The van der Waals surface area contributed by atoms with E-state index < -0.39 is 57.8 Å². The molecule has 266 valence electrons. The quantitative estimate of drug-likeness (QED) is 0.198. The van der Waals surface area contributed by atoms with Gasteiger partial charge in [0.05, 0.1) is 23.5 Å². The molecule has 4 heterocycles. The summed E-state index contributed by atoms with van der Waals surface area (Å²) < 4.78 is 60.9. The van der Waals surface area contributed by atoms with Crippen molar-refractivity contribution in [3.05, 3.63) is 0 Å². The maximum absolute atomic E-state index is 15.7. The zero-order chi connectivity index (χ0) is 33.6. The van der Waals surface area contributed by atoms with Crippen LogP contribution in [0.1, 0.15) is 71.6 Å². The second-order valence-electron chi connectivity index (χ2n) is 14.5. The lowest BCUT2D eigenvalue weighted by molar-refractivity contribution is -0.546. The topological polar surface area (TPSA) is 140 Å². The molecule has 4 aliphatic rings. The summed E-state index contributed by atoms with van der Waals surface area (Å²) in [4.78, 5) is 18.3. The summed E-state index contributed by atoms with van der Waals surface area (Å²) >= 11 is 0. The number of likely N-dealkylation sites (tertiary alicyclic amines) is 1. The maximum atomic E-state index is 15.7. The molecule has 46 heavy (non-hydrogen) atoms. The molecule has 0 aromatic rings. The molecule has 6 N–H and O–H groups in total. The van der Waals surface area contributed by atoms with E-state index in [4.69, 9.17) is 11.5 Å². The summed E-state index contributed by atoms with van der Waals surface area (Å²) in [5.41, 5.74) is 12.6. The fourth-order valence-corrected chi connectivity index (χ4v) is 10.4. The third-order valence-corrected chi connectivity index (χ3v) is 13.8. The third-order valence-electron chi connectivity index (χ3n) is 11.4. The van der Waals surface area contributed by atoms with Crippen LogP contribution in [0, 0.1) is 11.3 Å². The third kappa shape index (κ3) is 8.83. The van der Waals surface area contributed by atoms with Gasteiger partial charge < -0.3 is 27.0 Å². The van der Waals surface area contributed by atoms with Gasteiger partial charge in [0, 0.05) is 45.7 Å². The van der Waals surface area contributed by atoms with Crippen molar-refractivity contribution in [2.45, 2.75) is 114 Å². The molecule has 0 aromatic carbocycles. The van der Waals surface area contributed by atoms with Crippen molar-refractivity contribution in [2.75, 3.05) is 66.5 Å². The van der Waals surface area contributed by atoms with Crippen molar-refractivity contribution < 1.29 is 26.6 Å². The van der Waals surface area contributed by atoms with E-state index in [1.165, 1.54) is 0 Å². The molecule has 3 fully saturated rings. The normalized spacial score (nSPS) is 34.4. The predicted molar refractivity (Wildman–Crippen MR) is 179 cm³/mol. The molecule has 3 saturated heterocycles. The molecule has 0 radical (unpaired) electrons. The fraction of sp³-hybridized carbons (Fsp3) is 0.938. The number of rotatable bonds is 10. The van der Waals surface area contributed by atoms with Crippen molar-refractivity contribution in [3.63, 3.8) is 0 Å². The highest BCUT2D eigenvalue weighted by atomic mass is 32.2. The Labute approximate surface area is 275 Å². The molecule has 0 saturated carbocycles. The molecule has 4 aliphatic heterocycles. The number of hydrogen-bond donors (Lipinski definition) is 4. The largest absolute Gasteiger partial charge is 0.350 e. The molecule has 4 rings (SSSR count). The van der Waals surface area contributed by atoms with Crippen LogP contribution in [-0.2, 0) is 14.8 Å². The van der Waals surface area contributed by atoms with Crippen LogP contribution < -0.4 is 22.1 Å². The van der Waals surface area contributed by atoms with Crippen LogP contribution in [0.3, 0.4) is 0 Å². The number of sulfonamides is 1. The predicted octanol–water partition coefficient (Wildman–Crippen LogP) is 0.873. The van der Waals surface area contributed by atoms with Gasteiger partial charge in [-0.3, -0.25) is 9.69 Å². The molecule has 0 bridgehead atoms. The number of hydrogen-bond acceptors (Lipinski definition) is 8. The molecule has 1 amide bonds. The Morgan fingerprint density at radius 2 is 1.76 bits per heavy atom. The fourth-order valence-electron chi connectivity index (χ4n) is 8.54. The number of amides is 1. The first kappa shape index (κ1) is 37.5. The maximum Gasteiger partial charge on any atom is 0.233 e. The minimum atomic E-state index is -3.43. The first-order valence-electron chi connectivity index (χ1n) is 17.6. The Balaban J connectivity index is 1.50. The van der Waals surface area contributed by atoms with E-state index in [1.54, 1.807) is 17.6 Å². The van der Waals surface area contributed by atoms with Crippen molar-refractivity contribution >= 4 is 22.1 Å². The van der Waals surface area contributed by atoms with Gasteiger partial charge in [-0.2, -0.15) is 4.31 Å². The van der Waals surface area contributed by atoms with Crippen molar-refractivity contribution in [2.24, 2.45) is 22.8 Å². The summed E-state index contributed by atoms with van der Waals surface area (Å²) in [5, 5.41) is 5.75. The first-order chi connectivity index (χ1) is 21.8. The average molecular weight is 676 g/mol. The zero-order valence-electron chi connectivity index (χ0n) is 28.5. The van der Waals surface area contributed by atoms with Crippen LogP contribution in [0.5, 0.6) is 0 Å². The Morgan fingerprint density at radius 3 is 2.37 bits per heavy atom. The molecule has 11 nitrogen and oxygen atoms in total. The summed E-state index contributed by atoms with van der Waals surface area (Å²) in [7, 11) is 0.366. The van der Waals surface area contributed by atoms with Crippen LogP contribution in [0.2, 0.25) is 0 Å². The number of alkyl halides is 2. The minimum Gasteiger partial charge on any atom is -0.350 e. The molecule has 7 atom stereocenters. The first-order valence-corrected chi connectivity index (χ1v) is 19.1. The van der Waals surface area contributed by atoms with Gasteiger partial charge in [0.25, 0.3) is 0 Å². The van der Waals surface area contributed by atoms with Gasteiger partial charge in [-0.15, -0.1) is 0 Å². The van der Waals surface area contributed by atoms with Crippen LogP contribution in [0.25, 0.3) is 0 Å². The standard InChI is InChI=1S/C32H60F2N8O3S/c1-5-11-32(6-2)12-7-8-23(33)22-40(4)27(19-32)28(30(35)36)31(43)38-26-21-37-20-25(34)29(26)41-13-9-24(10-14-41)46(44,45)42-17-15-39(3)16-18-42/h22-30,37H,5-21,35-36H2,1-4H3/p+1. The molecular formula is C32H61F2N8O3S+. The molecule has 14 heteroatoms. The number of nitrogens with zero attached hydrogens (tertiary/aromatic N) is 4. The molecule has 0 aliphatic carbocycles. The number of halogens is 2. The van der Waals surface area contributed by atoms with Gasteiger partial charge in [0.2, 0.25) is 15.9 Å². The Bertz CT molecular complexity index is 1130. The van der Waals surface area contributed by atoms with Crippen molar-refractivity contribution in [1.29, 1.82) is 0 Å². The number of piperazine rings is 1. The SMILES string of the molecule is CCCC1(CC)CCCC(F)C=[N+](C)C(C(C(=O)NC2CNCC(F)C2N2CCC(S(=O)(=O)N3CCN(C)CC3)CC2)C(N)N)C1. The van der Waals surface area contributed by atoms with E-state index in [0.29, 0.717) is 71.5 Å². The second-order valence-corrected chi connectivity index (χ2v) is 16.7. The number of carbonyl (C=O) groups is 1. The van der Waals surface area contributed by atoms with Crippen molar-refractivity contribution in [3.8, 4) is 0 Å². The molecule has 0 aromatic heterocycles. The van der Waals surface area contributed by atoms with Gasteiger partial charge in [0.15, 0.2) is 18.4 Å². The van der Waals surface area contributed by atoms with E-state index in [0.717, 1.165) is 32.1 Å². The van der Waals surface area contributed by atoms with E-state index >= 15 is 4.39 Å². The summed E-state index contributed by atoms with van der Waals surface area (Å²) in [6.45, 7) is 8.14. The Morgan fingerprint density at radius 1 is 1.09 bits per heavy atom. The second kappa shape index (κ2) is 16.4.